The number of anilines is 2. The maximum absolute atomic E-state index is 12.5. The van der Waals surface area contributed by atoms with Crippen LogP contribution in [0.3, 0.4) is 0 Å². The number of nitrogens with zero attached hydrogens (tertiary/aromatic N) is 4. The molecular weight excluding hydrogens is 502 g/mol. The maximum atomic E-state index is 12.5. The van der Waals surface area contributed by atoms with Crippen molar-refractivity contribution in [3.8, 4) is 6.01 Å². The van der Waals surface area contributed by atoms with Gasteiger partial charge in [-0.05, 0) is 29.3 Å². The van der Waals surface area contributed by atoms with Gasteiger partial charge in [-0.3, -0.25) is 14.5 Å². The Kier molecular flexibility index (Phi) is 8.17. The van der Waals surface area contributed by atoms with E-state index in [2.05, 4.69) is 37.6 Å². The average molecular weight is 532 g/mol. The van der Waals surface area contributed by atoms with E-state index in [0.29, 0.717) is 25.5 Å². The lowest BCUT2D eigenvalue weighted by Gasteiger charge is -2.34. The third-order valence-corrected chi connectivity index (χ3v) is 7.22. The van der Waals surface area contributed by atoms with Crippen molar-refractivity contribution in [1.29, 1.82) is 0 Å². The molecule has 2 amide bonds. The molecule has 10 nitrogen and oxygen atoms in total. The van der Waals surface area contributed by atoms with Crippen molar-refractivity contribution in [2.45, 2.75) is 18.0 Å². The number of thioether (sulfide) groups is 1. The molecule has 1 saturated heterocycles. The number of nitrogens with two attached hydrogens (primary N) is 1. The predicted octanol–water partition coefficient (Wildman–Crippen LogP) is 2.66. The fourth-order valence-corrected chi connectivity index (χ4v) is 5.13. The van der Waals surface area contributed by atoms with Crippen LogP contribution < -0.4 is 21.1 Å². The predicted molar refractivity (Wildman–Crippen MR) is 146 cm³/mol. The molecule has 11 heteroatoms. The number of carbonyl (C=O) groups excluding carboxylic acids is 2. The van der Waals surface area contributed by atoms with Gasteiger partial charge in [0.1, 0.15) is 12.4 Å². The number of amides is 2. The van der Waals surface area contributed by atoms with E-state index in [1.807, 2.05) is 41.3 Å². The number of aromatic nitrogens is 2. The number of carbonyl (C=O) groups is 2. The molecule has 3 aromatic rings. The van der Waals surface area contributed by atoms with Crippen LogP contribution in [0.5, 0.6) is 6.01 Å². The molecule has 196 valence electrons. The largest absolute Gasteiger partial charge is 0.459 e. The molecule has 3 heterocycles. The molecule has 0 aliphatic carbocycles. The first kappa shape index (κ1) is 25.7. The molecule has 2 aliphatic heterocycles. The number of hydrogen-bond acceptors (Lipinski definition) is 9. The first-order valence-corrected chi connectivity index (χ1v) is 13.2. The number of fused-ring (bicyclic) bond motifs is 1. The van der Waals surface area contributed by atoms with E-state index >= 15 is 0 Å². The average Bonchev–Trinajstić information content (AvgIpc) is 3.35. The minimum absolute atomic E-state index is 0.00930. The van der Waals surface area contributed by atoms with E-state index in [1.165, 1.54) is 23.4 Å². The highest BCUT2D eigenvalue weighted by molar-refractivity contribution is 8.03. The topological polar surface area (TPSA) is 126 Å². The van der Waals surface area contributed by atoms with Gasteiger partial charge in [0.2, 0.25) is 5.91 Å². The third-order valence-electron chi connectivity index (χ3n) is 6.21. The second kappa shape index (κ2) is 12.1. The van der Waals surface area contributed by atoms with Crippen molar-refractivity contribution in [2.24, 2.45) is 5.73 Å². The molecule has 5 rings (SSSR count). The molecule has 0 spiro atoms. The quantitative estimate of drug-likeness (QED) is 0.376. The maximum Gasteiger partial charge on any atom is 0.318 e. The molecule has 2 aromatic carbocycles. The smallest absolute Gasteiger partial charge is 0.318 e. The van der Waals surface area contributed by atoms with Crippen molar-refractivity contribution < 1.29 is 14.3 Å². The Morgan fingerprint density at radius 3 is 2.58 bits per heavy atom. The first-order valence-electron chi connectivity index (χ1n) is 12.4. The van der Waals surface area contributed by atoms with E-state index in [1.54, 1.807) is 12.3 Å². The van der Waals surface area contributed by atoms with E-state index in [9.17, 15) is 9.59 Å². The summed E-state index contributed by atoms with van der Waals surface area (Å²) in [7, 11) is 0. The van der Waals surface area contributed by atoms with Crippen LogP contribution in [0.1, 0.15) is 11.1 Å². The highest BCUT2D eigenvalue weighted by Crippen LogP contribution is 2.40. The van der Waals surface area contributed by atoms with Gasteiger partial charge in [0.05, 0.1) is 17.3 Å². The third kappa shape index (κ3) is 6.68. The van der Waals surface area contributed by atoms with Crippen LogP contribution in [-0.4, -0.2) is 64.3 Å². The lowest BCUT2D eigenvalue weighted by atomic mass is 10.1. The Morgan fingerprint density at radius 1 is 1.05 bits per heavy atom. The molecule has 0 radical (unpaired) electrons. The Labute approximate surface area is 225 Å². The van der Waals surface area contributed by atoms with Crippen molar-refractivity contribution in [3.05, 3.63) is 83.0 Å². The van der Waals surface area contributed by atoms with Gasteiger partial charge < -0.3 is 26.0 Å². The summed E-state index contributed by atoms with van der Waals surface area (Å²) in [6.07, 6.45) is 3.06. The summed E-state index contributed by atoms with van der Waals surface area (Å²) >= 11 is 1.51. The number of para-hydroxylation sites is 1. The molecular formula is C27H29N7O3S. The summed E-state index contributed by atoms with van der Waals surface area (Å²) in [5.41, 5.74) is 8.63. The first-order chi connectivity index (χ1) is 18.6. The van der Waals surface area contributed by atoms with Crippen LogP contribution in [0.2, 0.25) is 0 Å². The fraction of sp³-hybridized carbons (Fsp3) is 0.259. The molecule has 1 fully saturated rings. The number of nitrogens with one attached hydrogen (secondary N) is 2. The zero-order valence-electron chi connectivity index (χ0n) is 20.8. The normalized spacial score (nSPS) is 16.1. The monoisotopic (exact) mass is 531 g/mol. The molecule has 0 atom stereocenters. The van der Waals surface area contributed by atoms with Crippen LogP contribution >= 0.6 is 11.8 Å². The van der Waals surface area contributed by atoms with E-state index in [0.717, 1.165) is 40.8 Å². The van der Waals surface area contributed by atoms with Gasteiger partial charge in [0.15, 0.2) is 0 Å². The standard InChI is InChI=1S/C27H29N7O3S/c28-16-26(36)34-13-11-33(12-14-34)17-19-5-7-20(8-6-19)18-37-27-29-10-9-23(32-27)31-24(35)15-25-30-21-3-1-2-4-22(21)38-25/h1-10,15,30H,11-14,16-18,28H2,(H,29,31,32,35)/b25-15+. The second-order valence-electron chi connectivity index (χ2n) is 8.91. The Hall–Kier alpha value is -3.93. The molecule has 2 aliphatic rings. The molecule has 38 heavy (non-hydrogen) atoms. The Bertz CT molecular complexity index is 1300. The molecule has 1 aromatic heterocycles. The van der Waals surface area contributed by atoms with E-state index in [4.69, 9.17) is 10.5 Å². The van der Waals surface area contributed by atoms with Gasteiger partial charge in [0, 0.05) is 49.9 Å². The number of ether oxygens (including phenoxy) is 1. The summed E-state index contributed by atoms with van der Waals surface area (Å²) in [4.78, 5) is 37.9. The molecule has 0 bridgehead atoms. The van der Waals surface area contributed by atoms with Gasteiger partial charge in [-0.1, -0.05) is 48.2 Å². The van der Waals surface area contributed by atoms with Crippen LogP contribution in [-0.2, 0) is 22.7 Å². The Balaban J connectivity index is 1.09. The summed E-state index contributed by atoms with van der Waals surface area (Å²) in [5.74, 6) is 0.0800. The second-order valence-corrected chi connectivity index (χ2v) is 10.00. The van der Waals surface area contributed by atoms with Crippen LogP contribution in [0.25, 0.3) is 0 Å². The van der Waals surface area contributed by atoms with Crippen molar-refractivity contribution in [2.75, 3.05) is 43.4 Å². The molecule has 0 saturated carbocycles. The van der Waals surface area contributed by atoms with Crippen molar-refractivity contribution in [3.63, 3.8) is 0 Å². The lowest BCUT2D eigenvalue weighted by Crippen LogP contribution is -2.49. The SMILES string of the molecule is NCC(=O)N1CCN(Cc2ccc(COc3nccc(NC(=O)/C=C4\Nc5ccccc5S4)n3)cc2)CC1. The minimum atomic E-state index is -0.291. The highest BCUT2D eigenvalue weighted by Gasteiger charge is 2.20. The van der Waals surface area contributed by atoms with Crippen LogP contribution in [0.15, 0.2) is 76.8 Å². The highest BCUT2D eigenvalue weighted by atomic mass is 32.2. The number of hydrogen-bond donors (Lipinski definition) is 3. The number of piperazine rings is 1. The summed E-state index contributed by atoms with van der Waals surface area (Å²) < 4.78 is 5.76. The van der Waals surface area contributed by atoms with Gasteiger partial charge in [-0.15, -0.1) is 0 Å². The van der Waals surface area contributed by atoms with Gasteiger partial charge >= 0.3 is 6.01 Å². The van der Waals surface area contributed by atoms with Gasteiger partial charge in [-0.2, -0.15) is 4.98 Å². The number of benzene rings is 2. The summed E-state index contributed by atoms with van der Waals surface area (Å²) in [6, 6.07) is 17.9. The fourth-order valence-electron chi connectivity index (χ4n) is 4.19. The minimum Gasteiger partial charge on any atom is -0.459 e. The molecule has 4 N–H and O–H groups in total. The van der Waals surface area contributed by atoms with E-state index < -0.39 is 0 Å². The van der Waals surface area contributed by atoms with Crippen LogP contribution in [0, 0.1) is 0 Å². The van der Waals surface area contributed by atoms with E-state index in [-0.39, 0.29) is 24.4 Å². The summed E-state index contributed by atoms with van der Waals surface area (Å²) in [6.45, 7) is 4.29. The van der Waals surface area contributed by atoms with Gasteiger partial charge in [0.25, 0.3) is 5.91 Å². The zero-order valence-corrected chi connectivity index (χ0v) is 21.6. The van der Waals surface area contributed by atoms with Gasteiger partial charge in [-0.25, -0.2) is 4.98 Å². The summed E-state index contributed by atoms with van der Waals surface area (Å²) in [5, 5.41) is 6.73. The molecule has 0 unspecified atom stereocenters. The Morgan fingerprint density at radius 2 is 1.82 bits per heavy atom. The van der Waals surface area contributed by atoms with Crippen molar-refractivity contribution >= 4 is 35.1 Å². The zero-order chi connectivity index (χ0) is 26.3. The number of rotatable bonds is 8. The van der Waals surface area contributed by atoms with Crippen LogP contribution in [0.4, 0.5) is 11.5 Å². The van der Waals surface area contributed by atoms with Crippen molar-refractivity contribution in [1.82, 2.24) is 19.8 Å². The lowest BCUT2D eigenvalue weighted by molar-refractivity contribution is -0.131.